The van der Waals surface area contributed by atoms with Crippen LogP contribution in [-0.4, -0.2) is 36.1 Å². The van der Waals surface area contributed by atoms with Crippen molar-refractivity contribution < 1.29 is 14.3 Å². The summed E-state index contributed by atoms with van der Waals surface area (Å²) in [5.41, 5.74) is 1.48. The molecule has 0 saturated heterocycles. The number of benzene rings is 1. The number of thioether (sulfide) groups is 1. The van der Waals surface area contributed by atoms with Crippen LogP contribution in [0.3, 0.4) is 0 Å². The summed E-state index contributed by atoms with van der Waals surface area (Å²) in [6.45, 7) is 4.13. The number of nitrogens with zero attached hydrogens (tertiary/aromatic N) is 2. The van der Waals surface area contributed by atoms with Gasteiger partial charge in [-0.15, -0.1) is 0 Å². The van der Waals surface area contributed by atoms with Gasteiger partial charge in [0, 0.05) is 18.3 Å². The molecule has 6 nitrogen and oxygen atoms in total. The van der Waals surface area contributed by atoms with Gasteiger partial charge in [0.2, 0.25) is 5.91 Å². The number of carbonyl (C=O) groups is 2. The van der Waals surface area contributed by atoms with E-state index in [0.717, 1.165) is 23.1 Å². The summed E-state index contributed by atoms with van der Waals surface area (Å²) in [6.07, 6.45) is 1.35. The van der Waals surface area contributed by atoms with Gasteiger partial charge in [-0.25, -0.2) is 4.79 Å². The minimum atomic E-state index is -0.577. The molecule has 0 radical (unpaired) electrons. The second kappa shape index (κ2) is 7.56. The topological polar surface area (TPSA) is 80.1 Å². The lowest BCUT2D eigenvalue weighted by molar-refractivity contribution is -0.118. The van der Waals surface area contributed by atoms with E-state index in [4.69, 9.17) is 4.74 Å². The Balaban J connectivity index is 1.81. The van der Waals surface area contributed by atoms with Gasteiger partial charge in [0.05, 0.1) is 12.9 Å². The minimum Gasteiger partial charge on any atom is -0.497 e. The molecule has 0 fully saturated rings. The highest BCUT2D eigenvalue weighted by Gasteiger charge is 2.13. The molecule has 1 heterocycles. The second-order valence-corrected chi connectivity index (χ2v) is 5.36. The predicted octanol–water partition coefficient (Wildman–Crippen LogP) is 2.20. The molecule has 0 aliphatic carbocycles. The molecule has 0 saturated carbocycles. The number of hydrogen-bond acceptors (Lipinski definition) is 4. The normalized spacial score (nSPS) is 13.8. The highest BCUT2D eigenvalue weighted by Crippen LogP contribution is 2.15. The Morgan fingerprint density at radius 3 is 3.05 bits per heavy atom. The molecule has 1 aromatic carbocycles. The average Bonchev–Trinajstić information content (AvgIpc) is 2.54. The van der Waals surface area contributed by atoms with E-state index in [2.05, 4.69) is 21.9 Å². The molecule has 3 amide bonds. The van der Waals surface area contributed by atoms with Crippen LogP contribution in [-0.2, 0) is 11.3 Å². The van der Waals surface area contributed by atoms with Gasteiger partial charge >= 0.3 is 6.03 Å². The van der Waals surface area contributed by atoms with Gasteiger partial charge in [-0.05, 0) is 17.7 Å². The largest absolute Gasteiger partial charge is 0.497 e. The van der Waals surface area contributed by atoms with Crippen LogP contribution in [0.5, 0.6) is 5.75 Å². The van der Waals surface area contributed by atoms with Crippen molar-refractivity contribution in [2.24, 2.45) is 9.98 Å². The fourth-order valence-corrected chi connectivity index (χ4v) is 2.42. The number of nitrogens with one attached hydrogen (secondary N) is 1. The van der Waals surface area contributed by atoms with E-state index in [0.29, 0.717) is 17.2 Å². The first-order chi connectivity index (χ1) is 10.6. The van der Waals surface area contributed by atoms with Crippen molar-refractivity contribution in [3.8, 4) is 5.75 Å². The molecule has 0 atom stereocenters. The van der Waals surface area contributed by atoms with Gasteiger partial charge in [-0.3, -0.25) is 4.79 Å². The molecule has 114 valence electrons. The van der Waals surface area contributed by atoms with Crippen LogP contribution in [0.4, 0.5) is 4.79 Å². The van der Waals surface area contributed by atoms with Gasteiger partial charge in [0.15, 0.2) is 0 Å². The summed E-state index contributed by atoms with van der Waals surface area (Å²) in [4.78, 5) is 30.1. The Bertz CT molecular complexity index is 668. The molecule has 22 heavy (non-hydrogen) atoms. The first-order valence-electron chi connectivity index (χ1n) is 6.47. The Labute approximate surface area is 132 Å². The second-order valence-electron chi connectivity index (χ2n) is 4.40. The summed E-state index contributed by atoms with van der Waals surface area (Å²) in [5.74, 6) is 0.744. The minimum absolute atomic E-state index is 0.154. The van der Waals surface area contributed by atoms with E-state index >= 15 is 0 Å². The van der Waals surface area contributed by atoms with E-state index in [1.54, 1.807) is 7.11 Å². The summed E-state index contributed by atoms with van der Waals surface area (Å²) < 4.78 is 5.12. The maximum absolute atomic E-state index is 11.8. The summed E-state index contributed by atoms with van der Waals surface area (Å²) in [5, 5.41) is 3.22. The Hall–Kier alpha value is -2.41. The maximum Gasteiger partial charge on any atom is 0.368 e. The lowest BCUT2D eigenvalue weighted by atomic mass is 10.2. The highest BCUT2D eigenvalue weighted by molar-refractivity contribution is 8.15. The van der Waals surface area contributed by atoms with Crippen molar-refractivity contribution in [2.75, 3.05) is 12.9 Å². The third-order valence-corrected chi connectivity index (χ3v) is 3.80. The van der Waals surface area contributed by atoms with Gasteiger partial charge in [-0.2, -0.15) is 9.98 Å². The summed E-state index contributed by atoms with van der Waals surface area (Å²) in [7, 11) is 1.59. The molecule has 1 N–H and O–H groups in total. The molecule has 0 bridgehead atoms. The summed E-state index contributed by atoms with van der Waals surface area (Å²) >= 11 is 1.16. The molecule has 1 aromatic rings. The molecule has 0 spiro atoms. The monoisotopic (exact) mass is 317 g/mol. The maximum atomic E-state index is 11.8. The van der Waals surface area contributed by atoms with E-state index in [-0.39, 0.29) is 11.7 Å². The van der Waals surface area contributed by atoms with Crippen molar-refractivity contribution in [1.82, 2.24) is 5.32 Å². The van der Waals surface area contributed by atoms with E-state index in [1.807, 2.05) is 24.3 Å². The lowest BCUT2D eigenvalue weighted by Crippen LogP contribution is -2.25. The third kappa shape index (κ3) is 4.56. The molecule has 2 rings (SSSR count). The van der Waals surface area contributed by atoms with Crippen LogP contribution in [0.25, 0.3) is 0 Å². The van der Waals surface area contributed by atoms with Crippen LogP contribution in [0.1, 0.15) is 5.56 Å². The van der Waals surface area contributed by atoms with Crippen molar-refractivity contribution >= 4 is 35.0 Å². The van der Waals surface area contributed by atoms with Crippen LogP contribution in [0, 0.1) is 0 Å². The smallest absolute Gasteiger partial charge is 0.368 e. The van der Waals surface area contributed by atoms with E-state index in [1.165, 1.54) is 6.21 Å². The SMILES string of the molecule is C=C1C=NC(=O)N=C1SCC(=O)NCc1cccc(OC)c1. The molecule has 1 aliphatic heterocycles. The number of methoxy groups -OCH3 is 1. The quantitative estimate of drug-likeness (QED) is 0.903. The van der Waals surface area contributed by atoms with E-state index in [9.17, 15) is 9.59 Å². The van der Waals surface area contributed by atoms with Crippen molar-refractivity contribution in [2.45, 2.75) is 6.54 Å². The third-order valence-electron chi connectivity index (χ3n) is 2.77. The number of carbonyl (C=O) groups excluding carboxylic acids is 2. The molecular formula is C15H15N3O3S. The zero-order valence-electron chi connectivity index (χ0n) is 12.0. The first-order valence-corrected chi connectivity index (χ1v) is 7.45. The standard InChI is InChI=1S/C15H15N3O3S/c1-10-7-17-15(20)18-14(10)22-9-13(19)16-8-11-4-3-5-12(6-11)21-2/h3-7H,1,8-9H2,2H3,(H,16,19). The number of rotatable bonds is 5. The van der Waals surface area contributed by atoms with Crippen LogP contribution < -0.4 is 10.1 Å². The Morgan fingerprint density at radius 1 is 1.45 bits per heavy atom. The lowest BCUT2D eigenvalue weighted by Gasteiger charge is -2.09. The Kier molecular flexibility index (Phi) is 5.48. The van der Waals surface area contributed by atoms with Gasteiger partial charge in [0.1, 0.15) is 10.8 Å². The number of aliphatic imine (C=N–C) groups is 2. The fraction of sp³-hybridized carbons (Fsp3) is 0.200. The predicted molar refractivity (Wildman–Crippen MR) is 87.8 cm³/mol. The van der Waals surface area contributed by atoms with Crippen molar-refractivity contribution in [3.63, 3.8) is 0 Å². The molecular weight excluding hydrogens is 302 g/mol. The Morgan fingerprint density at radius 2 is 2.27 bits per heavy atom. The van der Waals surface area contributed by atoms with Gasteiger partial charge in [-0.1, -0.05) is 30.5 Å². The first kappa shape index (κ1) is 16.0. The fourth-order valence-electron chi connectivity index (χ4n) is 1.67. The highest BCUT2D eigenvalue weighted by atomic mass is 32.2. The number of urea groups is 1. The zero-order valence-corrected chi connectivity index (χ0v) is 12.9. The number of hydrogen-bond donors (Lipinski definition) is 1. The number of ether oxygens (including phenoxy) is 1. The molecule has 7 heteroatoms. The van der Waals surface area contributed by atoms with Crippen molar-refractivity contribution in [1.29, 1.82) is 0 Å². The van der Waals surface area contributed by atoms with Crippen LogP contribution >= 0.6 is 11.8 Å². The van der Waals surface area contributed by atoms with Crippen LogP contribution in [0.15, 0.2) is 46.4 Å². The van der Waals surface area contributed by atoms with Gasteiger partial charge < -0.3 is 10.1 Å². The summed E-state index contributed by atoms with van der Waals surface area (Å²) in [6, 6.07) is 6.88. The molecule has 0 unspecified atom stereocenters. The molecule has 0 aromatic heterocycles. The van der Waals surface area contributed by atoms with Crippen LogP contribution in [0.2, 0.25) is 0 Å². The van der Waals surface area contributed by atoms with E-state index < -0.39 is 6.03 Å². The number of amides is 3. The molecule has 1 aliphatic rings. The van der Waals surface area contributed by atoms with Gasteiger partial charge in [0.25, 0.3) is 0 Å². The average molecular weight is 317 g/mol. The zero-order chi connectivity index (χ0) is 15.9. The van der Waals surface area contributed by atoms with Crippen molar-refractivity contribution in [3.05, 3.63) is 42.0 Å².